The van der Waals surface area contributed by atoms with Crippen LogP contribution in [0.25, 0.3) is 0 Å². The van der Waals surface area contributed by atoms with E-state index < -0.39 is 0 Å². The van der Waals surface area contributed by atoms with Crippen molar-refractivity contribution in [1.29, 1.82) is 0 Å². The quantitative estimate of drug-likeness (QED) is 0.349. The molecule has 0 N–H and O–H groups in total. The van der Waals surface area contributed by atoms with E-state index in [-0.39, 0.29) is 16.7 Å². The molecule has 1 atom stereocenters. The van der Waals surface area contributed by atoms with E-state index in [0.717, 1.165) is 36.8 Å². The van der Waals surface area contributed by atoms with Gasteiger partial charge in [-0.05, 0) is 26.9 Å². The summed E-state index contributed by atoms with van der Waals surface area (Å²) in [6, 6.07) is 7.07. The molecule has 1 unspecified atom stereocenters. The first kappa shape index (κ1) is 20.4. The first-order valence-corrected chi connectivity index (χ1v) is 9.92. The van der Waals surface area contributed by atoms with Crippen LogP contribution < -0.4 is 0 Å². The summed E-state index contributed by atoms with van der Waals surface area (Å²) in [5.41, 5.74) is 0.855. The molecule has 0 saturated heterocycles. The Kier molecular flexibility index (Phi) is 7.59. The fourth-order valence-electron chi connectivity index (χ4n) is 2.91. The first-order valence-electron chi connectivity index (χ1n) is 8.94. The van der Waals surface area contributed by atoms with E-state index in [1.165, 1.54) is 11.8 Å². The maximum absolute atomic E-state index is 11.2. The second-order valence-corrected chi connectivity index (χ2v) is 7.35. The molecule has 1 aromatic carbocycles. The Bertz CT molecular complexity index is 732. The van der Waals surface area contributed by atoms with Crippen molar-refractivity contribution in [2.24, 2.45) is 0 Å². The van der Waals surface area contributed by atoms with Crippen LogP contribution in [0, 0.1) is 10.1 Å². The number of nitro benzene ring substituents is 1. The molecule has 142 valence electrons. The molecule has 0 aliphatic carbocycles. The Morgan fingerprint density at radius 2 is 2.00 bits per heavy atom. The van der Waals surface area contributed by atoms with Crippen LogP contribution in [0.2, 0.25) is 0 Å². The van der Waals surface area contributed by atoms with Gasteiger partial charge in [-0.2, -0.15) is 0 Å². The van der Waals surface area contributed by atoms with E-state index in [1.54, 1.807) is 18.2 Å². The molecule has 0 amide bonds. The van der Waals surface area contributed by atoms with E-state index >= 15 is 0 Å². The molecule has 0 spiro atoms. The number of unbranched alkanes of at least 4 members (excludes halogenated alkanes) is 1. The zero-order valence-electron chi connectivity index (χ0n) is 15.9. The van der Waals surface area contributed by atoms with Crippen molar-refractivity contribution in [3.8, 4) is 0 Å². The number of hydrogen-bond donors (Lipinski definition) is 0. The van der Waals surface area contributed by atoms with Gasteiger partial charge in [0.15, 0.2) is 11.0 Å². The molecule has 1 aromatic heterocycles. The predicted octanol–water partition coefficient (Wildman–Crippen LogP) is 4.29. The zero-order chi connectivity index (χ0) is 19.1. The van der Waals surface area contributed by atoms with Crippen LogP contribution in [-0.4, -0.2) is 38.7 Å². The third kappa shape index (κ3) is 4.82. The average Bonchev–Trinajstić information content (AvgIpc) is 3.01. The van der Waals surface area contributed by atoms with E-state index in [2.05, 4.69) is 33.5 Å². The minimum Gasteiger partial charge on any atom is -0.305 e. The normalized spacial score (nSPS) is 12.5. The molecule has 26 heavy (non-hydrogen) atoms. The lowest BCUT2D eigenvalue weighted by Crippen LogP contribution is -2.23. The lowest BCUT2D eigenvalue weighted by molar-refractivity contribution is -0.385. The van der Waals surface area contributed by atoms with E-state index in [0.29, 0.717) is 11.3 Å². The molecule has 1 heterocycles. The van der Waals surface area contributed by atoms with E-state index in [4.69, 9.17) is 0 Å². The highest BCUT2D eigenvalue weighted by molar-refractivity contribution is 7.98. The number of nitro groups is 1. The predicted molar refractivity (Wildman–Crippen MR) is 104 cm³/mol. The summed E-state index contributed by atoms with van der Waals surface area (Å²) >= 11 is 1.51. The third-order valence-corrected chi connectivity index (χ3v) is 5.35. The van der Waals surface area contributed by atoms with Gasteiger partial charge in [0.05, 0.1) is 11.0 Å². The topological polar surface area (TPSA) is 77.1 Å². The van der Waals surface area contributed by atoms with Crippen LogP contribution in [0.15, 0.2) is 29.4 Å². The monoisotopic (exact) mass is 377 g/mol. The van der Waals surface area contributed by atoms with Crippen molar-refractivity contribution in [3.05, 3.63) is 45.8 Å². The number of rotatable bonds is 10. The van der Waals surface area contributed by atoms with Crippen molar-refractivity contribution in [1.82, 2.24) is 19.7 Å². The van der Waals surface area contributed by atoms with Crippen molar-refractivity contribution in [3.63, 3.8) is 0 Å². The fourth-order valence-corrected chi connectivity index (χ4v) is 3.88. The molecule has 8 heteroatoms. The molecule has 0 aliphatic rings. The molecular formula is C18H27N5O2S. The Balaban J connectivity index is 2.26. The first-order chi connectivity index (χ1) is 12.5. The lowest BCUT2D eigenvalue weighted by Gasteiger charge is -2.23. The summed E-state index contributed by atoms with van der Waals surface area (Å²) < 4.78 is 2.18. The summed E-state index contributed by atoms with van der Waals surface area (Å²) in [4.78, 5) is 13.0. The van der Waals surface area contributed by atoms with Gasteiger partial charge >= 0.3 is 0 Å². The van der Waals surface area contributed by atoms with Crippen molar-refractivity contribution in [2.75, 3.05) is 14.1 Å². The standard InChI is InChI=1S/C18H27N5O2S/c1-5-7-12-22-17(15(6-2)21(3)4)19-20-18(22)26-13-14-10-8-9-11-16(14)23(24)25/h8-11,15H,5-7,12-13H2,1-4H3. The van der Waals surface area contributed by atoms with Gasteiger partial charge in [0.25, 0.3) is 5.69 Å². The minimum absolute atomic E-state index is 0.152. The molecule has 0 saturated carbocycles. The third-order valence-electron chi connectivity index (χ3n) is 4.33. The molecule has 2 rings (SSSR count). The van der Waals surface area contributed by atoms with Gasteiger partial charge in [-0.15, -0.1) is 10.2 Å². The Morgan fingerprint density at radius 1 is 1.27 bits per heavy atom. The average molecular weight is 378 g/mol. The number of thioether (sulfide) groups is 1. The number of benzene rings is 1. The van der Waals surface area contributed by atoms with Gasteiger partial charge in [0, 0.05) is 23.9 Å². The summed E-state index contributed by atoms with van der Waals surface area (Å²) in [5, 5.41) is 20.9. The van der Waals surface area contributed by atoms with Crippen LogP contribution in [0.1, 0.15) is 50.5 Å². The fraction of sp³-hybridized carbons (Fsp3) is 0.556. The second kappa shape index (κ2) is 9.68. The van der Waals surface area contributed by atoms with Crippen LogP contribution in [0.4, 0.5) is 5.69 Å². The zero-order valence-corrected chi connectivity index (χ0v) is 16.7. The molecule has 7 nitrogen and oxygen atoms in total. The molecule has 0 bridgehead atoms. The molecule has 0 fully saturated rings. The molecule has 0 radical (unpaired) electrons. The highest BCUT2D eigenvalue weighted by atomic mass is 32.2. The SMILES string of the molecule is CCCCn1c(SCc2ccccc2[N+](=O)[O-])nnc1C(CC)N(C)C. The van der Waals surface area contributed by atoms with E-state index in [9.17, 15) is 10.1 Å². The molecule has 0 aliphatic heterocycles. The van der Waals surface area contributed by atoms with Gasteiger partial charge in [-0.3, -0.25) is 15.0 Å². The van der Waals surface area contributed by atoms with E-state index in [1.807, 2.05) is 20.2 Å². The number of hydrogen-bond acceptors (Lipinski definition) is 6. The summed E-state index contributed by atoms with van der Waals surface area (Å²) in [7, 11) is 4.10. The number of para-hydroxylation sites is 1. The number of nitrogens with zero attached hydrogens (tertiary/aromatic N) is 5. The van der Waals surface area contributed by atoms with Crippen molar-refractivity contribution in [2.45, 2.75) is 56.6 Å². The second-order valence-electron chi connectivity index (χ2n) is 6.41. The summed E-state index contributed by atoms with van der Waals surface area (Å²) in [6.07, 6.45) is 3.09. The Labute approximate surface area is 159 Å². The molecular weight excluding hydrogens is 350 g/mol. The van der Waals surface area contributed by atoms with Gasteiger partial charge in [-0.25, -0.2) is 0 Å². The van der Waals surface area contributed by atoms with Crippen molar-refractivity contribution >= 4 is 17.4 Å². The van der Waals surface area contributed by atoms with Gasteiger partial charge in [0.2, 0.25) is 0 Å². The van der Waals surface area contributed by atoms with Crippen molar-refractivity contribution < 1.29 is 4.92 Å². The molecule has 2 aromatic rings. The van der Waals surface area contributed by atoms with Crippen LogP contribution in [0.3, 0.4) is 0 Å². The summed E-state index contributed by atoms with van der Waals surface area (Å²) in [5.74, 6) is 1.47. The van der Waals surface area contributed by atoms with Gasteiger partial charge < -0.3 is 4.57 Å². The number of aromatic nitrogens is 3. The maximum Gasteiger partial charge on any atom is 0.273 e. The Hall–Kier alpha value is -1.93. The van der Waals surface area contributed by atoms with Crippen LogP contribution in [0.5, 0.6) is 0 Å². The highest BCUT2D eigenvalue weighted by Gasteiger charge is 2.22. The van der Waals surface area contributed by atoms with Crippen LogP contribution in [-0.2, 0) is 12.3 Å². The summed E-state index contributed by atoms with van der Waals surface area (Å²) in [6.45, 7) is 5.17. The van der Waals surface area contributed by atoms with Crippen LogP contribution >= 0.6 is 11.8 Å². The van der Waals surface area contributed by atoms with Gasteiger partial charge in [0.1, 0.15) is 0 Å². The largest absolute Gasteiger partial charge is 0.305 e. The minimum atomic E-state index is -0.331. The maximum atomic E-state index is 11.2. The lowest BCUT2D eigenvalue weighted by atomic mass is 10.2. The smallest absolute Gasteiger partial charge is 0.273 e. The highest BCUT2D eigenvalue weighted by Crippen LogP contribution is 2.30. The van der Waals surface area contributed by atoms with Gasteiger partial charge in [-0.1, -0.05) is 50.2 Å². The Morgan fingerprint density at radius 3 is 2.62 bits per heavy atom.